The highest BCUT2D eigenvalue weighted by Gasteiger charge is 2.36. The number of H-pyrrole nitrogens is 1. The molecule has 5 rings (SSSR count). The number of benzene rings is 1. The third-order valence-electron chi connectivity index (χ3n) is 6.05. The highest BCUT2D eigenvalue weighted by atomic mass is 32.2. The molecule has 9 nitrogen and oxygen atoms in total. The second-order valence-electron chi connectivity index (χ2n) is 8.81. The normalized spacial score (nSPS) is 24.3. The van der Waals surface area contributed by atoms with Crippen molar-refractivity contribution in [2.24, 2.45) is 0 Å². The molecule has 0 aliphatic carbocycles. The van der Waals surface area contributed by atoms with Gasteiger partial charge in [-0.2, -0.15) is 0 Å². The fourth-order valence-corrected chi connectivity index (χ4v) is 5.75. The van der Waals surface area contributed by atoms with E-state index in [4.69, 9.17) is 18.9 Å². The summed E-state index contributed by atoms with van der Waals surface area (Å²) in [7, 11) is 1.57. The minimum atomic E-state index is -0.369. The summed E-state index contributed by atoms with van der Waals surface area (Å²) in [4.78, 5) is 25.8. The van der Waals surface area contributed by atoms with E-state index >= 15 is 0 Å². The van der Waals surface area contributed by atoms with Gasteiger partial charge in [0.05, 0.1) is 35.3 Å². The van der Waals surface area contributed by atoms with E-state index < -0.39 is 0 Å². The third-order valence-corrected chi connectivity index (χ3v) is 7.32. The Balaban J connectivity index is 1.61. The molecule has 0 saturated carbocycles. The van der Waals surface area contributed by atoms with Crippen LogP contribution in [0.1, 0.15) is 49.1 Å². The molecular weight excluding hydrogens is 434 g/mol. The summed E-state index contributed by atoms with van der Waals surface area (Å²) in [6, 6.07) is 3.76. The molecule has 172 valence electrons. The maximum absolute atomic E-state index is 13.2. The Morgan fingerprint density at radius 3 is 2.78 bits per heavy atom. The van der Waals surface area contributed by atoms with Crippen LogP contribution in [-0.2, 0) is 9.53 Å². The predicted molar refractivity (Wildman–Crippen MR) is 120 cm³/mol. The molecule has 3 aliphatic rings. The summed E-state index contributed by atoms with van der Waals surface area (Å²) in [6.45, 7) is 5.57. The number of nitrogens with one attached hydrogen (secondary N) is 2. The maximum atomic E-state index is 13.2. The van der Waals surface area contributed by atoms with Gasteiger partial charge in [0.15, 0.2) is 11.5 Å². The first-order valence-corrected chi connectivity index (χ1v) is 11.8. The van der Waals surface area contributed by atoms with Crippen molar-refractivity contribution < 1.29 is 23.7 Å². The lowest BCUT2D eigenvalue weighted by Crippen LogP contribution is -2.36. The number of hydrogen-bond acceptors (Lipinski definition) is 7. The SMILES string of the molecule is COc1cc([C@H]2SCC(=O)Nc3c2c(=O)[nH]n3[C@@H]2CCOC(C)(C)C2)cc2c1OCCO2. The molecule has 2 atom stereocenters. The number of aromatic nitrogens is 2. The summed E-state index contributed by atoms with van der Waals surface area (Å²) in [5.74, 6) is 2.32. The minimum Gasteiger partial charge on any atom is -0.493 e. The number of carbonyl (C=O) groups excluding carboxylic acids is 1. The Bertz CT molecular complexity index is 1090. The van der Waals surface area contributed by atoms with Gasteiger partial charge in [-0.25, -0.2) is 0 Å². The number of rotatable bonds is 3. The highest BCUT2D eigenvalue weighted by Crippen LogP contribution is 2.47. The number of fused-ring (bicyclic) bond motifs is 2. The average molecular weight is 462 g/mol. The van der Waals surface area contributed by atoms with Gasteiger partial charge in [0.2, 0.25) is 11.7 Å². The van der Waals surface area contributed by atoms with E-state index in [0.717, 1.165) is 18.4 Å². The van der Waals surface area contributed by atoms with Crippen molar-refractivity contribution >= 4 is 23.5 Å². The lowest BCUT2D eigenvalue weighted by atomic mass is 9.94. The molecule has 0 spiro atoms. The third kappa shape index (κ3) is 3.75. The smallest absolute Gasteiger partial charge is 0.270 e. The zero-order chi connectivity index (χ0) is 22.5. The summed E-state index contributed by atoms with van der Waals surface area (Å²) >= 11 is 1.41. The number of ether oxygens (including phenoxy) is 4. The van der Waals surface area contributed by atoms with Crippen molar-refractivity contribution in [2.75, 3.05) is 38.0 Å². The van der Waals surface area contributed by atoms with Gasteiger partial charge >= 0.3 is 0 Å². The van der Waals surface area contributed by atoms with Crippen LogP contribution in [0.15, 0.2) is 16.9 Å². The largest absolute Gasteiger partial charge is 0.493 e. The van der Waals surface area contributed by atoms with Gasteiger partial charge in [0.1, 0.15) is 19.0 Å². The molecule has 1 aromatic carbocycles. The van der Waals surface area contributed by atoms with Crippen LogP contribution in [0.3, 0.4) is 0 Å². The topological polar surface area (TPSA) is 104 Å². The molecule has 0 bridgehead atoms. The minimum absolute atomic E-state index is 0.0223. The van der Waals surface area contributed by atoms with Gasteiger partial charge in [-0.05, 0) is 44.4 Å². The molecular formula is C22H27N3O6S. The number of amides is 1. The van der Waals surface area contributed by atoms with Crippen molar-refractivity contribution in [3.63, 3.8) is 0 Å². The summed E-state index contributed by atoms with van der Waals surface area (Å²) in [6.07, 6.45) is 1.49. The molecule has 1 saturated heterocycles. The lowest BCUT2D eigenvalue weighted by Gasteiger charge is -2.36. The van der Waals surface area contributed by atoms with Crippen molar-refractivity contribution in [2.45, 2.75) is 43.6 Å². The first kappa shape index (κ1) is 21.3. The molecule has 1 aromatic heterocycles. The van der Waals surface area contributed by atoms with E-state index in [2.05, 4.69) is 10.4 Å². The molecule has 2 N–H and O–H groups in total. The zero-order valence-electron chi connectivity index (χ0n) is 18.4. The first-order chi connectivity index (χ1) is 15.4. The zero-order valence-corrected chi connectivity index (χ0v) is 19.2. The van der Waals surface area contributed by atoms with Gasteiger partial charge in [-0.1, -0.05) is 0 Å². The van der Waals surface area contributed by atoms with Gasteiger partial charge in [-0.3, -0.25) is 19.4 Å². The molecule has 3 aliphatic heterocycles. The van der Waals surface area contributed by atoms with Gasteiger partial charge in [-0.15, -0.1) is 11.8 Å². The van der Waals surface area contributed by atoms with E-state index in [9.17, 15) is 9.59 Å². The maximum Gasteiger partial charge on any atom is 0.270 e. The fraction of sp³-hybridized carbons (Fsp3) is 0.545. The second-order valence-corrected chi connectivity index (χ2v) is 9.91. The Hall–Kier alpha value is -2.59. The molecule has 0 radical (unpaired) electrons. The second kappa shape index (κ2) is 8.08. The number of thioether (sulfide) groups is 1. The number of aromatic amines is 1. The van der Waals surface area contributed by atoms with E-state index in [1.54, 1.807) is 7.11 Å². The quantitative estimate of drug-likeness (QED) is 0.724. The number of carbonyl (C=O) groups is 1. The molecule has 4 heterocycles. The number of hydrogen-bond donors (Lipinski definition) is 2. The summed E-state index contributed by atoms with van der Waals surface area (Å²) < 4.78 is 24.7. The molecule has 0 unspecified atom stereocenters. The first-order valence-electron chi connectivity index (χ1n) is 10.7. The molecule has 2 aromatic rings. The van der Waals surface area contributed by atoms with Crippen LogP contribution >= 0.6 is 11.8 Å². The van der Waals surface area contributed by atoms with Crippen molar-refractivity contribution in [3.05, 3.63) is 33.6 Å². The van der Waals surface area contributed by atoms with Crippen molar-refractivity contribution in [1.82, 2.24) is 9.78 Å². The molecule has 32 heavy (non-hydrogen) atoms. The Kier molecular flexibility index (Phi) is 5.37. The van der Waals surface area contributed by atoms with Crippen molar-refractivity contribution in [3.8, 4) is 17.2 Å². The standard InChI is InChI=1S/C22H27N3O6S/c1-22(2)10-13(4-5-31-22)25-20-17(21(27)24-25)19(32-11-16(26)23-20)12-8-14(28-3)18-15(9-12)29-6-7-30-18/h8-9,13,19H,4-7,10-11H2,1-3H3,(H,23,26)(H,24,27)/t13-,19-/m1/s1. The van der Waals surface area contributed by atoms with Crippen LogP contribution in [0.4, 0.5) is 5.82 Å². The van der Waals surface area contributed by atoms with E-state index in [1.807, 2.05) is 30.7 Å². The van der Waals surface area contributed by atoms with Crippen LogP contribution in [0.5, 0.6) is 17.2 Å². The Labute approximate surface area is 189 Å². The van der Waals surface area contributed by atoms with Crippen LogP contribution < -0.4 is 25.1 Å². The van der Waals surface area contributed by atoms with Gasteiger partial charge in [0.25, 0.3) is 5.56 Å². The van der Waals surface area contributed by atoms with Crippen LogP contribution in [-0.4, -0.2) is 54.0 Å². The van der Waals surface area contributed by atoms with E-state index in [1.165, 1.54) is 11.8 Å². The van der Waals surface area contributed by atoms with Crippen LogP contribution in [0.2, 0.25) is 0 Å². The highest BCUT2D eigenvalue weighted by molar-refractivity contribution is 8.00. The lowest BCUT2D eigenvalue weighted by molar-refractivity contribution is -0.113. The monoisotopic (exact) mass is 461 g/mol. The van der Waals surface area contributed by atoms with Crippen LogP contribution in [0.25, 0.3) is 0 Å². The Morgan fingerprint density at radius 1 is 1.19 bits per heavy atom. The van der Waals surface area contributed by atoms with Crippen LogP contribution in [0, 0.1) is 0 Å². The Morgan fingerprint density at radius 2 is 2.00 bits per heavy atom. The van der Waals surface area contributed by atoms with E-state index in [-0.39, 0.29) is 34.1 Å². The molecule has 1 amide bonds. The predicted octanol–water partition coefficient (Wildman–Crippen LogP) is 2.86. The molecule has 10 heteroatoms. The van der Waals surface area contributed by atoms with Gasteiger partial charge < -0.3 is 24.3 Å². The van der Waals surface area contributed by atoms with Gasteiger partial charge in [0, 0.05) is 6.61 Å². The summed E-state index contributed by atoms with van der Waals surface area (Å²) in [5.41, 5.74) is 0.842. The van der Waals surface area contributed by atoms with Crippen molar-refractivity contribution in [1.29, 1.82) is 0 Å². The number of nitrogens with zero attached hydrogens (tertiary/aromatic N) is 1. The summed E-state index contributed by atoms with van der Waals surface area (Å²) in [5, 5.41) is 5.59. The van der Waals surface area contributed by atoms with E-state index in [0.29, 0.717) is 48.5 Å². The fourth-order valence-electron chi connectivity index (χ4n) is 4.65. The number of anilines is 1. The molecule has 1 fully saturated rings. The number of methoxy groups -OCH3 is 1. The average Bonchev–Trinajstić information content (AvgIpc) is 2.97.